The van der Waals surface area contributed by atoms with Gasteiger partial charge in [-0.3, -0.25) is 4.79 Å². The Morgan fingerprint density at radius 3 is 2.46 bits per heavy atom. The van der Waals surface area contributed by atoms with Gasteiger partial charge in [0.2, 0.25) is 6.79 Å². The molecule has 4 rings (SSSR count). The second-order valence-electron chi connectivity index (χ2n) is 6.35. The van der Waals surface area contributed by atoms with E-state index < -0.39 is 6.29 Å². The molecule has 0 spiro atoms. The van der Waals surface area contributed by atoms with Crippen LogP contribution in [-0.2, 0) is 4.79 Å². The molecule has 0 radical (unpaired) electrons. The second kappa shape index (κ2) is 6.76. The van der Waals surface area contributed by atoms with Crippen LogP contribution in [0.1, 0.15) is 11.6 Å². The van der Waals surface area contributed by atoms with Gasteiger partial charge in [-0.2, -0.15) is 0 Å². The Balaban J connectivity index is 1.41. The minimum absolute atomic E-state index is 0.0303. The summed E-state index contributed by atoms with van der Waals surface area (Å²) in [5, 5.41) is 2.90. The van der Waals surface area contributed by atoms with Crippen molar-refractivity contribution in [3.8, 4) is 23.0 Å². The zero-order chi connectivity index (χ0) is 18.1. The fraction of sp³-hybridized carbons (Fsp3) is 0.316. The minimum Gasteiger partial charge on any atom is -0.454 e. The normalized spacial score (nSPS) is 16.0. The summed E-state index contributed by atoms with van der Waals surface area (Å²) in [5.41, 5.74) is 1.02. The fourth-order valence-electron chi connectivity index (χ4n) is 3.01. The molecule has 26 heavy (non-hydrogen) atoms. The minimum atomic E-state index is -0.966. The van der Waals surface area contributed by atoms with Gasteiger partial charge in [-0.05, 0) is 43.9 Å². The number of para-hydroxylation sites is 2. The monoisotopic (exact) mass is 356 g/mol. The Hall–Kier alpha value is -2.93. The summed E-state index contributed by atoms with van der Waals surface area (Å²) in [6.45, 7) is 0.643. The Morgan fingerprint density at radius 2 is 1.77 bits per heavy atom. The number of amides is 1. The predicted molar refractivity (Wildman–Crippen MR) is 93.5 cm³/mol. The van der Waals surface area contributed by atoms with Gasteiger partial charge < -0.3 is 29.2 Å². The summed E-state index contributed by atoms with van der Waals surface area (Å²) < 4.78 is 21.9. The molecule has 136 valence electrons. The first-order valence-corrected chi connectivity index (χ1v) is 8.38. The third-order valence-electron chi connectivity index (χ3n) is 4.41. The van der Waals surface area contributed by atoms with Gasteiger partial charge >= 0.3 is 12.2 Å². The van der Waals surface area contributed by atoms with Crippen molar-refractivity contribution in [2.75, 3.05) is 27.4 Å². The van der Waals surface area contributed by atoms with Gasteiger partial charge in [0.15, 0.2) is 23.0 Å². The summed E-state index contributed by atoms with van der Waals surface area (Å²) in [6, 6.07) is 13.0. The van der Waals surface area contributed by atoms with Gasteiger partial charge in [0.25, 0.3) is 0 Å². The van der Waals surface area contributed by atoms with E-state index in [9.17, 15) is 4.79 Å². The average molecular weight is 356 g/mol. The number of ether oxygens (including phenoxy) is 4. The van der Waals surface area contributed by atoms with Crippen LogP contribution in [0.25, 0.3) is 0 Å². The number of rotatable bonds is 5. The van der Waals surface area contributed by atoms with Crippen molar-refractivity contribution in [2.24, 2.45) is 0 Å². The molecule has 0 saturated heterocycles. The van der Waals surface area contributed by atoms with Crippen LogP contribution in [0.5, 0.6) is 23.0 Å². The molecule has 2 aromatic carbocycles. The van der Waals surface area contributed by atoms with Crippen LogP contribution >= 0.6 is 0 Å². The van der Waals surface area contributed by atoms with E-state index in [-0.39, 0.29) is 18.7 Å². The molecule has 0 unspecified atom stereocenters. The highest BCUT2D eigenvalue weighted by Crippen LogP contribution is 2.35. The number of carbonyl (C=O) groups excluding carboxylic acids is 1. The van der Waals surface area contributed by atoms with Crippen molar-refractivity contribution in [2.45, 2.75) is 12.3 Å². The third-order valence-corrected chi connectivity index (χ3v) is 4.41. The van der Waals surface area contributed by atoms with Crippen LogP contribution in [0.3, 0.4) is 0 Å². The lowest BCUT2D eigenvalue weighted by atomic mass is 10.1. The second-order valence-corrected chi connectivity index (χ2v) is 6.35. The molecule has 0 saturated carbocycles. The summed E-state index contributed by atoms with van der Waals surface area (Å²) in [5.74, 6) is 2.30. The number of hydrogen-bond donors (Lipinski definition) is 1. The van der Waals surface area contributed by atoms with Gasteiger partial charge in [-0.25, -0.2) is 0 Å². The lowest BCUT2D eigenvalue weighted by Crippen LogP contribution is -2.43. The number of hydrogen-bond acceptors (Lipinski definition) is 6. The van der Waals surface area contributed by atoms with E-state index in [0.29, 0.717) is 18.0 Å². The molecule has 0 aliphatic carbocycles. The van der Waals surface area contributed by atoms with Crippen LogP contribution < -0.4 is 24.3 Å². The van der Waals surface area contributed by atoms with Crippen molar-refractivity contribution >= 4 is 5.91 Å². The van der Waals surface area contributed by atoms with E-state index in [1.165, 1.54) is 0 Å². The van der Waals surface area contributed by atoms with Crippen molar-refractivity contribution in [3.63, 3.8) is 0 Å². The smallest absolute Gasteiger partial charge is 0.321 e. The van der Waals surface area contributed by atoms with E-state index in [2.05, 4.69) is 5.32 Å². The largest absolute Gasteiger partial charge is 0.454 e. The van der Waals surface area contributed by atoms with Crippen LogP contribution in [0, 0.1) is 0 Å². The summed E-state index contributed by atoms with van der Waals surface area (Å²) >= 11 is 0. The van der Waals surface area contributed by atoms with Gasteiger partial charge in [-0.15, -0.1) is 0 Å². The maximum atomic E-state index is 12.4. The van der Waals surface area contributed by atoms with Gasteiger partial charge in [0.1, 0.15) is 0 Å². The van der Waals surface area contributed by atoms with E-state index >= 15 is 0 Å². The standard InChI is InChI=1S/C19H20N2O5/c1-21(2)13(12-7-8-14-17(9-12)24-11-23-14)10-20-18(22)19-25-15-5-3-4-6-16(15)26-19/h3-9,13,19H,10-11H2,1-2H3,(H,20,22)/t13-/m0/s1. The molecular formula is C19H20N2O5. The number of likely N-dealkylation sites (N-methyl/N-ethyl adjacent to an activating group) is 1. The first-order valence-electron chi connectivity index (χ1n) is 8.38. The maximum Gasteiger partial charge on any atom is 0.321 e. The van der Waals surface area contributed by atoms with Crippen molar-refractivity contribution in [1.82, 2.24) is 10.2 Å². The van der Waals surface area contributed by atoms with Crippen LogP contribution in [0.2, 0.25) is 0 Å². The van der Waals surface area contributed by atoms with Crippen LogP contribution in [0.4, 0.5) is 0 Å². The molecule has 2 aliphatic heterocycles. The Labute approximate surface area is 151 Å². The Bertz CT molecular complexity index is 798. The molecule has 0 bridgehead atoms. The fourth-order valence-corrected chi connectivity index (χ4v) is 3.01. The van der Waals surface area contributed by atoms with Gasteiger partial charge in [-0.1, -0.05) is 18.2 Å². The molecule has 2 aliphatic rings. The summed E-state index contributed by atoms with van der Waals surface area (Å²) in [4.78, 5) is 14.5. The number of benzene rings is 2. The van der Waals surface area contributed by atoms with E-state index in [4.69, 9.17) is 18.9 Å². The number of nitrogens with one attached hydrogen (secondary N) is 1. The Morgan fingerprint density at radius 1 is 1.08 bits per heavy atom. The number of fused-ring (bicyclic) bond motifs is 2. The molecule has 2 heterocycles. The number of nitrogens with zero attached hydrogens (tertiary/aromatic N) is 1. The zero-order valence-corrected chi connectivity index (χ0v) is 14.6. The molecular weight excluding hydrogens is 336 g/mol. The Kier molecular flexibility index (Phi) is 4.30. The molecule has 7 heteroatoms. The summed E-state index contributed by atoms with van der Waals surface area (Å²) in [6.07, 6.45) is -0.966. The first kappa shape index (κ1) is 16.5. The van der Waals surface area contributed by atoms with Crippen LogP contribution in [-0.4, -0.2) is 44.5 Å². The number of carbonyl (C=O) groups is 1. The highest BCUT2D eigenvalue weighted by molar-refractivity contribution is 5.81. The first-order chi connectivity index (χ1) is 12.6. The van der Waals surface area contributed by atoms with Crippen molar-refractivity contribution < 1.29 is 23.7 Å². The molecule has 1 N–H and O–H groups in total. The molecule has 7 nitrogen and oxygen atoms in total. The van der Waals surface area contributed by atoms with Crippen molar-refractivity contribution in [3.05, 3.63) is 48.0 Å². The molecule has 0 fully saturated rings. The van der Waals surface area contributed by atoms with E-state index in [1.807, 2.05) is 49.3 Å². The van der Waals surface area contributed by atoms with Gasteiger partial charge in [0, 0.05) is 6.54 Å². The van der Waals surface area contributed by atoms with E-state index in [1.54, 1.807) is 12.1 Å². The zero-order valence-electron chi connectivity index (χ0n) is 14.6. The molecule has 1 amide bonds. The summed E-state index contributed by atoms with van der Waals surface area (Å²) in [7, 11) is 3.92. The molecule has 0 aromatic heterocycles. The lowest BCUT2D eigenvalue weighted by Gasteiger charge is -2.25. The quantitative estimate of drug-likeness (QED) is 0.883. The van der Waals surface area contributed by atoms with Crippen molar-refractivity contribution in [1.29, 1.82) is 0 Å². The molecule has 1 atom stereocenters. The topological polar surface area (TPSA) is 69.3 Å². The van der Waals surface area contributed by atoms with Gasteiger partial charge in [0.05, 0.1) is 6.04 Å². The predicted octanol–water partition coefficient (Wildman–Crippen LogP) is 1.93. The highest BCUT2D eigenvalue weighted by Gasteiger charge is 2.31. The molecule has 2 aromatic rings. The maximum absolute atomic E-state index is 12.4. The highest BCUT2D eigenvalue weighted by atomic mass is 16.7. The van der Waals surface area contributed by atoms with Crippen LogP contribution in [0.15, 0.2) is 42.5 Å². The SMILES string of the molecule is CN(C)[C@@H](CNC(=O)C1Oc2ccccc2O1)c1ccc2c(c1)OCO2. The third kappa shape index (κ3) is 3.13. The average Bonchev–Trinajstić information content (AvgIpc) is 3.27. The van der Waals surface area contributed by atoms with E-state index in [0.717, 1.165) is 17.1 Å². The lowest BCUT2D eigenvalue weighted by molar-refractivity contribution is -0.137.